The molecule has 2 saturated heterocycles. The zero-order valence-corrected chi connectivity index (χ0v) is 23.4. The zero-order chi connectivity index (χ0) is 31.8. The van der Waals surface area contributed by atoms with E-state index in [1.165, 1.54) is 9.80 Å². The van der Waals surface area contributed by atoms with Crippen molar-refractivity contribution in [2.24, 2.45) is 0 Å². The molecule has 2 aromatic rings. The quantitative estimate of drug-likeness (QED) is 0.328. The van der Waals surface area contributed by atoms with Crippen LogP contribution in [0.15, 0.2) is 47.4 Å². The summed E-state index contributed by atoms with van der Waals surface area (Å²) in [7, 11) is -4.59. The maximum absolute atomic E-state index is 15.0. The zero-order valence-electron chi connectivity index (χ0n) is 22.6. The first-order chi connectivity index (χ1) is 19.9. The van der Waals surface area contributed by atoms with Crippen LogP contribution in [0.1, 0.15) is 49.3 Å². The summed E-state index contributed by atoms with van der Waals surface area (Å²) in [4.78, 5) is 28.4. The second-order valence-corrected chi connectivity index (χ2v) is 13.1. The lowest BCUT2D eigenvalue weighted by Gasteiger charge is -2.43. The van der Waals surface area contributed by atoms with Gasteiger partial charge in [0.2, 0.25) is 11.8 Å². The minimum Gasteiger partial charge on any atom is -0.336 e. The van der Waals surface area contributed by atoms with Gasteiger partial charge in [0.1, 0.15) is 16.6 Å². The second-order valence-electron chi connectivity index (χ2n) is 10.9. The summed E-state index contributed by atoms with van der Waals surface area (Å²) < 4.78 is 137. The molecule has 3 atom stereocenters. The van der Waals surface area contributed by atoms with E-state index >= 15 is 0 Å². The Morgan fingerprint density at radius 2 is 1.58 bits per heavy atom. The number of hydrogen-bond acceptors (Lipinski definition) is 4. The van der Waals surface area contributed by atoms with Crippen molar-refractivity contribution < 1.29 is 53.1 Å². The van der Waals surface area contributed by atoms with Gasteiger partial charge in [0.25, 0.3) is 0 Å². The van der Waals surface area contributed by atoms with E-state index in [9.17, 15) is 53.1 Å². The predicted molar refractivity (Wildman–Crippen MR) is 135 cm³/mol. The minimum atomic E-state index is -6.37. The van der Waals surface area contributed by atoms with E-state index < -0.39 is 62.0 Å². The lowest BCUT2D eigenvalue weighted by Crippen LogP contribution is -2.55. The maximum Gasteiger partial charge on any atom is 0.435 e. The number of likely N-dealkylation sites (tertiary alicyclic amines) is 2. The summed E-state index contributed by atoms with van der Waals surface area (Å²) in [5, 5.41) is 0. The number of carbonyl (C=O) groups excluding carboxylic acids is 2. The summed E-state index contributed by atoms with van der Waals surface area (Å²) in [6.45, 7) is 1.76. The van der Waals surface area contributed by atoms with Crippen molar-refractivity contribution in [3.8, 4) is 0 Å². The standard InChI is InChI=1S/C28H26F8N2O4S/c1-2-37-21(10-12-23(37)39)24(40)38-14-13-25(43(41,42)19-7-5-18(29)6-8-19)20-9-4-17(15-16(20)3-11-22(25)38)26(30,27(31,32)33)28(34,35)36/h4-9,15,21-22H,2-3,10-14H2,1H3/t21-,22-,25-/m0/s1. The molecular formula is C28H26F8N2O4S. The number of alkyl halides is 7. The molecule has 2 fully saturated rings. The van der Waals surface area contributed by atoms with Gasteiger partial charge in [-0.3, -0.25) is 9.59 Å². The van der Waals surface area contributed by atoms with E-state index in [1.54, 1.807) is 6.92 Å². The Bertz CT molecular complexity index is 1540. The number of aryl methyl sites for hydroxylation is 1. The molecule has 3 aliphatic rings. The van der Waals surface area contributed by atoms with Crippen molar-refractivity contribution in [2.75, 3.05) is 13.1 Å². The Morgan fingerprint density at radius 1 is 0.953 bits per heavy atom. The van der Waals surface area contributed by atoms with Gasteiger partial charge in [-0.2, -0.15) is 26.3 Å². The van der Waals surface area contributed by atoms with Crippen LogP contribution in [0, 0.1) is 5.82 Å². The number of amides is 2. The summed E-state index contributed by atoms with van der Waals surface area (Å²) in [6, 6.07) is 3.19. The van der Waals surface area contributed by atoms with Gasteiger partial charge < -0.3 is 9.80 Å². The van der Waals surface area contributed by atoms with E-state index in [2.05, 4.69) is 0 Å². The highest BCUT2D eigenvalue weighted by atomic mass is 32.2. The molecule has 0 N–H and O–H groups in total. The minimum absolute atomic E-state index is 0.108. The lowest BCUT2D eigenvalue weighted by atomic mass is 9.76. The summed E-state index contributed by atoms with van der Waals surface area (Å²) in [6.07, 6.45) is -13.2. The number of fused-ring (bicyclic) bond motifs is 3. The normalized spacial score (nSPS) is 24.7. The van der Waals surface area contributed by atoms with Gasteiger partial charge in [-0.05, 0) is 68.0 Å². The lowest BCUT2D eigenvalue weighted by molar-refractivity contribution is -0.348. The molecule has 2 amide bonds. The Hall–Kier alpha value is -3.23. The SMILES string of the molecule is CCN1C(=O)CC[C@H]1C(=O)N1CC[C@]2(S(=O)(=O)c3ccc(F)cc3)c3ccc(C(F)(C(F)(F)F)C(F)(F)F)cc3CC[C@H]12. The van der Waals surface area contributed by atoms with E-state index in [0.717, 1.165) is 30.3 Å². The van der Waals surface area contributed by atoms with Crippen LogP contribution in [-0.2, 0) is 36.3 Å². The van der Waals surface area contributed by atoms with Crippen LogP contribution in [0.25, 0.3) is 0 Å². The van der Waals surface area contributed by atoms with Gasteiger partial charge in [0.15, 0.2) is 9.84 Å². The number of hydrogen-bond donors (Lipinski definition) is 0. The van der Waals surface area contributed by atoms with Crippen LogP contribution in [0.5, 0.6) is 0 Å². The van der Waals surface area contributed by atoms with Crippen LogP contribution >= 0.6 is 0 Å². The molecule has 0 aromatic heterocycles. The number of sulfone groups is 1. The van der Waals surface area contributed by atoms with Crippen molar-refractivity contribution in [1.82, 2.24) is 9.80 Å². The molecule has 0 unspecified atom stereocenters. The highest BCUT2D eigenvalue weighted by molar-refractivity contribution is 7.92. The number of rotatable bonds is 5. The Balaban J connectivity index is 1.68. The number of likely N-dealkylation sites (N-methyl/N-ethyl adjacent to an activating group) is 1. The molecule has 2 heterocycles. The van der Waals surface area contributed by atoms with Crippen LogP contribution in [0.4, 0.5) is 35.1 Å². The molecule has 2 aliphatic heterocycles. The number of benzene rings is 2. The van der Waals surface area contributed by atoms with E-state index in [0.29, 0.717) is 6.07 Å². The van der Waals surface area contributed by atoms with Crippen LogP contribution in [0.2, 0.25) is 0 Å². The fourth-order valence-electron chi connectivity index (χ4n) is 6.90. The molecule has 0 radical (unpaired) electrons. The van der Waals surface area contributed by atoms with Crippen molar-refractivity contribution in [3.05, 3.63) is 65.0 Å². The van der Waals surface area contributed by atoms with E-state index in [4.69, 9.17) is 0 Å². The Kier molecular flexibility index (Phi) is 7.37. The Morgan fingerprint density at radius 3 is 2.16 bits per heavy atom. The molecule has 0 saturated carbocycles. The number of halogens is 8. The topological polar surface area (TPSA) is 74.8 Å². The largest absolute Gasteiger partial charge is 0.435 e. The third-order valence-electron chi connectivity index (χ3n) is 8.91. The fraction of sp³-hybridized carbons (Fsp3) is 0.500. The summed E-state index contributed by atoms with van der Waals surface area (Å²) in [5.41, 5.74) is -7.86. The first kappa shape index (κ1) is 31.2. The molecule has 6 nitrogen and oxygen atoms in total. The molecule has 2 aromatic carbocycles. The van der Waals surface area contributed by atoms with Crippen LogP contribution in [0.3, 0.4) is 0 Å². The van der Waals surface area contributed by atoms with Crippen LogP contribution in [-0.4, -0.2) is 67.6 Å². The Labute approximate surface area is 241 Å². The summed E-state index contributed by atoms with van der Waals surface area (Å²) >= 11 is 0. The average Bonchev–Trinajstić information content (AvgIpc) is 3.52. The van der Waals surface area contributed by atoms with Gasteiger partial charge in [0.05, 0.1) is 10.9 Å². The molecule has 5 rings (SSSR count). The predicted octanol–water partition coefficient (Wildman–Crippen LogP) is 5.34. The molecule has 0 spiro atoms. The molecular weight excluding hydrogens is 612 g/mol. The molecule has 15 heteroatoms. The first-order valence-corrected chi connectivity index (χ1v) is 15.0. The van der Waals surface area contributed by atoms with Crippen molar-refractivity contribution in [2.45, 2.75) is 78.8 Å². The highest BCUT2D eigenvalue weighted by Crippen LogP contribution is 2.57. The van der Waals surface area contributed by atoms with Gasteiger partial charge in [-0.15, -0.1) is 0 Å². The van der Waals surface area contributed by atoms with Crippen molar-refractivity contribution >= 4 is 21.7 Å². The van der Waals surface area contributed by atoms with Crippen molar-refractivity contribution in [3.63, 3.8) is 0 Å². The molecule has 0 bridgehead atoms. The van der Waals surface area contributed by atoms with E-state index in [1.807, 2.05) is 0 Å². The fourth-order valence-corrected chi connectivity index (χ4v) is 9.26. The summed E-state index contributed by atoms with van der Waals surface area (Å²) in [5.74, 6) is -1.53. The number of nitrogens with zero attached hydrogens (tertiary/aromatic N) is 2. The first-order valence-electron chi connectivity index (χ1n) is 13.5. The van der Waals surface area contributed by atoms with Crippen LogP contribution < -0.4 is 0 Å². The molecule has 43 heavy (non-hydrogen) atoms. The third-order valence-corrected chi connectivity index (χ3v) is 11.5. The monoisotopic (exact) mass is 638 g/mol. The van der Waals surface area contributed by atoms with Gasteiger partial charge in [-0.1, -0.05) is 18.2 Å². The number of carbonyl (C=O) groups is 2. The maximum atomic E-state index is 15.0. The highest BCUT2D eigenvalue weighted by Gasteiger charge is 2.74. The average molecular weight is 639 g/mol. The van der Waals surface area contributed by atoms with Gasteiger partial charge in [-0.25, -0.2) is 17.2 Å². The van der Waals surface area contributed by atoms with E-state index in [-0.39, 0.29) is 73.2 Å². The molecule has 234 valence electrons. The van der Waals surface area contributed by atoms with Crippen molar-refractivity contribution in [1.29, 1.82) is 0 Å². The second kappa shape index (κ2) is 10.2. The molecule has 1 aliphatic carbocycles. The smallest absolute Gasteiger partial charge is 0.336 e. The van der Waals surface area contributed by atoms with Gasteiger partial charge in [0, 0.05) is 25.1 Å². The third kappa shape index (κ3) is 4.43. The van der Waals surface area contributed by atoms with Gasteiger partial charge >= 0.3 is 18.0 Å².